The largest absolute Gasteiger partial charge is 0.396 e. The topological polar surface area (TPSA) is 54.4 Å². The molecule has 1 fully saturated rings. The standard InChI is InChI=1S/C15H20O3/c1-10-3-5-12-13(15(12,2)9-17)7-11(8-16)4-6-14(10)18/h7-8,12-13,17H,1,3-6,9H2,2H3/b11-7+/t12-,13+,15+/m1/s1. The minimum atomic E-state index is -0.123. The van der Waals surface area contributed by atoms with Crippen LogP contribution in [0.1, 0.15) is 32.6 Å². The molecule has 0 amide bonds. The molecule has 0 aliphatic heterocycles. The van der Waals surface area contributed by atoms with Crippen molar-refractivity contribution in [3.8, 4) is 0 Å². The molecule has 0 unspecified atom stereocenters. The van der Waals surface area contributed by atoms with Gasteiger partial charge in [0.25, 0.3) is 0 Å². The van der Waals surface area contributed by atoms with Crippen LogP contribution in [0.4, 0.5) is 0 Å². The normalized spacial score (nSPS) is 39.6. The summed E-state index contributed by atoms with van der Waals surface area (Å²) in [7, 11) is 0. The highest BCUT2D eigenvalue weighted by Crippen LogP contribution is 2.61. The summed E-state index contributed by atoms with van der Waals surface area (Å²) in [6.07, 6.45) is 5.25. The van der Waals surface area contributed by atoms with Gasteiger partial charge in [0.2, 0.25) is 0 Å². The van der Waals surface area contributed by atoms with Gasteiger partial charge < -0.3 is 5.11 Å². The summed E-state index contributed by atoms with van der Waals surface area (Å²) in [5, 5.41) is 9.49. The molecule has 0 saturated heterocycles. The van der Waals surface area contributed by atoms with E-state index >= 15 is 0 Å². The molecule has 0 spiro atoms. The van der Waals surface area contributed by atoms with Crippen LogP contribution in [0, 0.1) is 17.3 Å². The fraction of sp³-hybridized carbons (Fsp3) is 0.600. The average molecular weight is 248 g/mol. The number of rotatable bonds is 2. The Bertz CT molecular complexity index is 421. The van der Waals surface area contributed by atoms with Crippen molar-refractivity contribution in [3.63, 3.8) is 0 Å². The summed E-state index contributed by atoms with van der Waals surface area (Å²) in [6.45, 7) is 6.00. The zero-order chi connectivity index (χ0) is 13.3. The quantitative estimate of drug-likeness (QED) is 0.601. The Morgan fingerprint density at radius 2 is 2.22 bits per heavy atom. The van der Waals surface area contributed by atoms with Crippen LogP contribution >= 0.6 is 0 Å². The van der Waals surface area contributed by atoms with E-state index in [0.717, 1.165) is 12.7 Å². The van der Waals surface area contributed by atoms with Crippen LogP contribution in [-0.4, -0.2) is 23.8 Å². The molecular formula is C15H20O3. The number of carbonyl (C=O) groups is 2. The SMILES string of the molecule is C=C1CC[C@@H]2[C@H](/C=C(/C=O)CCC1=O)[C@@]2(C)CO. The maximum Gasteiger partial charge on any atom is 0.158 e. The molecule has 0 aromatic heterocycles. The van der Waals surface area contributed by atoms with E-state index in [2.05, 4.69) is 6.58 Å². The fourth-order valence-corrected chi connectivity index (χ4v) is 3.05. The second-order valence-electron chi connectivity index (χ2n) is 5.72. The van der Waals surface area contributed by atoms with Gasteiger partial charge in [-0.2, -0.15) is 0 Å². The Balaban J connectivity index is 2.23. The minimum absolute atomic E-state index is 0.0625. The van der Waals surface area contributed by atoms with Crippen molar-refractivity contribution >= 4 is 12.1 Å². The van der Waals surface area contributed by atoms with Crippen LogP contribution in [0.2, 0.25) is 0 Å². The van der Waals surface area contributed by atoms with E-state index in [4.69, 9.17) is 0 Å². The number of aldehydes is 1. The Labute approximate surface area is 108 Å². The zero-order valence-electron chi connectivity index (χ0n) is 10.8. The van der Waals surface area contributed by atoms with Crippen LogP contribution in [0.3, 0.4) is 0 Å². The molecule has 98 valence electrons. The number of ketones is 1. The molecule has 3 nitrogen and oxygen atoms in total. The van der Waals surface area contributed by atoms with Gasteiger partial charge in [0, 0.05) is 18.4 Å². The lowest BCUT2D eigenvalue weighted by atomic mass is 9.97. The summed E-state index contributed by atoms with van der Waals surface area (Å²) in [5.41, 5.74) is 1.22. The molecule has 1 saturated carbocycles. The summed E-state index contributed by atoms with van der Waals surface area (Å²) in [5.74, 6) is 0.691. The van der Waals surface area contributed by atoms with Crippen LogP contribution in [-0.2, 0) is 9.59 Å². The Morgan fingerprint density at radius 1 is 1.50 bits per heavy atom. The third-order valence-corrected chi connectivity index (χ3v) is 4.61. The first-order valence-electron chi connectivity index (χ1n) is 6.50. The first kappa shape index (κ1) is 13.2. The van der Waals surface area contributed by atoms with Crippen molar-refractivity contribution < 1.29 is 14.7 Å². The number of carbonyl (C=O) groups excluding carboxylic acids is 2. The molecular weight excluding hydrogens is 228 g/mol. The van der Waals surface area contributed by atoms with E-state index in [1.807, 2.05) is 13.0 Å². The number of allylic oxidation sites excluding steroid dienone is 3. The molecule has 18 heavy (non-hydrogen) atoms. The Kier molecular flexibility index (Phi) is 3.53. The van der Waals surface area contributed by atoms with Crippen LogP contribution in [0.25, 0.3) is 0 Å². The van der Waals surface area contributed by atoms with Gasteiger partial charge in [0.15, 0.2) is 5.78 Å². The predicted octanol–water partition coefficient (Wildman–Crippen LogP) is 2.06. The van der Waals surface area contributed by atoms with Crippen molar-refractivity contribution in [1.29, 1.82) is 0 Å². The molecule has 0 radical (unpaired) electrons. The van der Waals surface area contributed by atoms with Gasteiger partial charge >= 0.3 is 0 Å². The second-order valence-corrected chi connectivity index (χ2v) is 5.72. The first-order valence-corrected chi connectivity index (χ1v) is 6.50. The van der Waals surface area contributed by atoms with Crippen molar-refractivity contribution in [2.45, 2.75) is 32.6 Å². The van der Waals surface area contributed by atoms with Crippen molar-refractivity contribution in [2.75, 3.05) is 6.61 Å². The molecule has 2 aliphatic carbocycles. The maximum absolute atomic E-state index is 11.8. The Morgan fingerprint density at radius 3 is 2.83 bits per heavy atom. The fourth-order valence-electron chi connectivity index (χ4n) is 3.05. The summed E-state index contributed by atoms with van der Waals surface area (Å²) < 4.78 is 0. The van der Waals surface area contributed by atoms with Crippen molar-refractivity contribution in [3.05, 3.63) is 23.8 Å². The molecule has 0 aromatic carbocycles. The highest BCUT2D eigenvalue weighted by Gasteiger charge is 2.58. The number of fused-ring (bicyclic) bond motifs is 1. The second kappa shape index (κ2) is 4.81. The van der Waals surface area contributed by atoms with Gasteiger partial charge in [-0.3, -0.25) is 9.59 Å². The maximum atomic E-state index is 11.8. The molecule has 0 aromatic rings. The van der Waals surface area contributed by atoms with Crippen LogP contribution in [0.5, 0.6) is 0 Å². The van der Waals surface area contributed by atoms with Gasteiger partial charge in [-0.1, -0.05) is 19.6 Å². The van der Waals surface area contributed by atoms with Crippen molar-refractivity contribution in [2.24, 2.45) is 17.3 Å². The summed E-state index contributed by atoms with van der Waals surface area (Å²) in [6, 6.07) is 0. The number of aliphatic hydroxyl groups is 1. The van der Waals surface area contributed by atoms with Gasteiger partial charge in [-0.15, -0.1) is 0 Å². The lowest BCUT2D eigenvalue weighted by molar-refractivity contribution is -0.115. The molecule has 1 N–H and O–H groups in total. The number of aliphatic hydroxyl groups excluding tert-OH is 1. The highest BCUT2D eigenvalue weighted by atomic mass is 16.3. The highest BCUT2D eigenvalue weighted by molar-refractivity contribution is 5.95. The molecule has 2 aliphatic rings. The van der Waals surface area contributed by atoms with E-state index in [1.165, 1.54) is 0 Å². The van der Waals surface area contributed by atoms with Crippen LogP contribution < -0.4 is 0 Å². The molecule has 3 atom stereocenters. The Hall–Kier alpha value is -1.22. The number of hydrogen-bond donors (Lipinski definition) is 1. The van der Waals surface area contributed by atoms with E-state index < -0.39 is 0 Å². The first-order chi connectivity index (χ1) is 8.52. The van der Waals surface area contributed by atoms with E-state index in [0.29, 0.717) is 36.3 Å². The minimum Gasteiger partial charge on any atom is -0.396 e. The monoisotopic (exact) mass is 248 g/mol. The summed E-state index contributed by atoms with van der Waals surface area (Å²) >= 11 is 0. The molecule has 3 heteroatoms. The van der Waals surface area contributed by atoms with E-state index in [1.54, 1.807) is 0 Å². The smallest absolute Gasteiger partial charge is 0.158 e. The van der Waals surface area contributed by atoms with Gasteiger partial charge in [0.1, 0.15) is 6.29 Å². The molecule has 0 bridgehead atoms. The summed E-state index contributed by atoms with van der Waals surface area (Å²) in [4.78, 5) is 22.8. The van der Waals surface area contributed by atoms with Gasteiger partial charge in [-0.25, -0.2) is 0 Å². The van der Waals surface area contributed by atoms with E-state index in [-0.39, 0.29) is 23.7 Å². The predicted molar refractivity (Wildman–Crippen MR) is 68.9 cm³/mol. The van der Waals surface area contributed by atoms with Gasteiger partial charge in [0.05, 0.1) is 0 Å². The number of hydrogen-bond acceptors (Lipinski definition) is 3. The van der Waals surface area contributed by atoms with E-state index in [9.17, 15) is 14.7 Å². The third kappa shape index (κ3) is 2.19. The zero-order valence-corrected chi connectivity index (χ0v) is 10.8. The van der Waals surface area contributed by atoms with Crippen LogP contribution in [0.15, 0.2) is 23.8 Å². The average Bonchev–Trinajstić information content (AvgIpc) is 2.95. The lowest BCUT2D eigenvalue weighted by Gasteiger charge is -2.07. The third-order valence-electron chi connectivity index (χ3n) is 4.61. The number of Topliss-reactive ketones (excluding diaryl/α,β-unsaturated/α-hetero) is 1. The molecule has 2 rings (SSSR count). The lowest BCUT2D eigenvalue weighted by Crippen LogP contribution is -2.06. The van der Waals surface area contributed by atoms with Gasteiger partial charge in [-0.05, 0) is 42.2 Å². The van der Waals surface area contributed by atoms with Crippen molar-refractivity contribution in [1.82, 2.24) is 0 Å². The molecule has 0 heterocycles.